The number of thioether (sulfide) groups is 1. The predicted octanol–water partition coefficient (Wildman–Crippen LogP) is 2.34. The van der Waals surface area contributed by atoms with Crippen molar-refractivity contribution in [3.63, 3.8) is 0 Å². The lowest BCUT2D eigenvalue weighted by Crippen LogP contribution is -2.56. The van der Waals surface area contributed by atoms with Gasteiger partial charge in [-0.25, -0.2) is 4.79 Å². The van der Waals surface area contributed by atoms with Crippen LogP contribution in [0.5, 0.6) is 0 Å². The van der Waals surface area contributed by atoms with Crippen LogP contribution < -0.4 is 5.32 Å². The average Bonchev–Trinajstić information content (AvgIpc) is 2.25. The van der Waals surface area contributed by atoms with E-state index in [4.69, 9.17) is 4.74 Å². The van der Waals surface area contributed by atoms with Crippen molar-refractivity contribution in [1.29, 1.82) is 0 Å². The monoisotopic (exact) mass is 274 g/mol. The summed E-state index contributed by atoms with van der Waals surface area (Å²) in [7, 11) is 0. The normalized spacial score (nSPS) is 22.9. The molecule has 106 valence electrons. The summed E-state index contributed by atoms with van der Waals surface area (Å²) in [4.78, 5) is 13.9. The third-order valence-electron chi connectivity index (χ3n) is 2.80. The lowest BCUT2D eigenvalue weighted by atomic mass is 10.1. The van der Waals surface area contributed by atoms with Crippen molar-refractivity contribution in [3.05, 3.63) is 0 Å². The lowest BCUT2D eigenvalue weighted by Gasteiger charge is -2.41. The van der Waals surface area contributed by atoms with Gasteiger partial charge in [0, 0.05) is 13.1 Å². The van der Waals surface area contributed by atoms with Crippen LogP contribution in [0.25, 0.3) is 0 Å². The molecule has 0 spiro atoms. The van der Waals surface area contributed by atoms with Crippen LogP contribution in [0.2, 0.25) is 0 Å². The summed E-state index contributed by atoms with van der Waals surface area (Å²) >= 11 is 1.91. The number of carbonyl (C=O) groups excluding carboxylic acids is 1. The molecule has 1 N–H and O–H groups in total. The first-order valence-corrected chi connectivity index (χ1v) is 7.88. The predicted molar refractivity (Wildman–Crippen MR) is 77.2 cm³/mol. The topological polar surface area (TPSA) is 41.6 Å². The standard InChI is InChI=1S/C13H26N2O2S/c1-5-18-8-6-7-14-12(16)15-9-11(2)17-13(3,4)10-15/h11H,5-10H2,1-4H3,(H,14,16)/t11-/m0/s1. The average molecular weight is 274 g/mol. The number of hydrogen-bond donors (Lipinski definition) is 1. The molecule has 0 saturated carbocycles. The Bertz CT molecular complexity index is 272. The van der Waals surface area contributed by atoms with Crippen LogP contribution in [0.3, 0.4) is 0 Å². The van der Waals surface area contributed by atoms with Crippen molar-refractivity contribution in [3.8, 4) is 0 Å². The van der Waals surface area contributed by atoms with E-state index >= 15 is 0 Å². The zero-order valence-electron chi connectivity index (χ0n) is 12.0. The molecule has 5 heteroatoms. The molecule has 1 rings (SSSR count). The van der Waals surface area contributed by atoms with Gasteiger partial charge in [-0.3, -0.25) is 0 Å². The number of nitrogens with zero attached hydrogens (tertiary/aromatic N) is 1. The maximum atomic E-state index is 12.0. The summed E-state index contributed by atoms with van der Waals surface area (Å²) in [5.41, 5.74) is -0.243. The minimum absolute atomic E-state index is 0.0414. The van der Waals surface area contributed by atoms with Crippen molar-refractivity contribution in [2.75, 3.05) is 31.1 Å². The van der Waals surface area contributed by atoms with E-state index < -0.39 is 0 Å². The molecule has 0 aromatic heterocycles. The largest absolute Gasteiger partial charge is 0.369 e. The second-order valence-electron chi connectivity index (χ2n) is 5.35. The van der Waals surface area contributed by atoms with Gasteiger partial charge in [0.05, 0.1) is 18.2 Å². The zero-order chi connectivity index (χ0) is 13.6. The van der Waals surface area contributed by atoms with E-state index in [1.165, 1.54) is 0 Å². The maximum Gasteiger partial charge on any atom is 0.317 e. The Kier molecular flexibility index (Phi) is 6.29. The molecule has 0 aliphatic carbocycles. The third-order valence-corrected chi connectivity index (χ3v) is 3.79. The molecule has 0 aromatic carbocycles. The number of amides is 2. The van der Waals surface area contributed by atoms with E-state index in [2.05, 4.69) is 12.2 Å². The van der Waals surface area contributed by atoms with Gasteiger partial charge < -0.3 is 15.0 Å². The second kappa shape index (κ2) is 7.24. The number of morpholine rings is 1. The Labute approximate surface area is 115 Å². The van der Waals surface area contributed by atoms with E-state index in [0.717, 1.165) is 24.5 Å². The highest BCUT2D eigenvalue weighted by atomic mass is 32.2. The summed E-state index contributed by atoms with van der Waals surface area (Å²) in [6, 6.07) is 0.0414. The first-order valence-electron chi connectivity index (χ1n) is 6.73. The van der Waals surface area contributed by atoms with Gasteiger partial charge in [0.1, 0.15) is 0 Å². The van der Waals surface area contributed by atoms with Crippen LogP contribution in [0, 0.1) is 0 Å². The number of urea groups is 1. The Morgan fingerprint density at radius 1 is 1.56 bits per heavy atom. The molecule has 1 saturated heterocycles. The van der Waals surface area contributed by atoms with Crippen molar-refractivity contribution in [1.82, 2.24) is 10.2 Å². The molecule has 1 heterocycles. The van der Waals surface area contributed by atoms with Gasteiger partial charge in [-0.1, -0.05) is 6.92 Å². The molecule has 0 unspecified atom stereocenters. The van der Waals surface area contributed by atoms with E-state index in [0.29, 0.717) is 13.1 Å². The number of carbonyl (C=O) groups is 1. The SMILES string of the molecule is CCSCCCNC(=O)N1C[C@H](C)OC(C)(C)C1. The molecule has 0 aromatic rings. The highest BCUT2D eigenvalue weighted by Gasteiger charge is 2.33. The van der Waals surface area contributed by atoms with Gasteiger partial charge in [0.15, 0.2) is 0 Å². The van der Waals surface area contributed by atoms with E-state index in [1.54, 1.807) is 0 Å². The maximum absolute atomic E-state index is 12.0. The highest BCUT2D eigenvalue weighted by Crippen LogP contribution is 2.20. The number of hydrogen-bond acceptors (Lipinski definition) is 3. The van der Waals surface area contributed by atoms with Crippen molar-refractivity contribution < 1.29 is 9.53 Å². The molecular formula is C13H26N2O2S. The van der Waals surface area contributed by atoms with Crippen molar-refractivity contribution in [2.45, 2.75) is 45.8 Å². The van der Waals surface area contributed by atoms with Crippen LogP contribution in [0.4, 0.5) is 4.79 Å². The fourth-order valence-electron chi connectivity index (χ4n) is 2.23. The van der Waals surface area contributed by atoms with Gasteiger partial charge in [0.25, 0.3) is 0 Å². The summed E-state index contributed by atoms with van der Waals surface area (Å²) < 4.78 is 5.79. The number of rotatable bonds is 5. The number of ether oxygens (including phenoxy) is 1. The Morgan fingerprint density at radius 3 is 2.89 bits per heavy atom. The van der Waals surface area contributed by atoms with Crippen LogP contribution >= 0.6 is 11.8 Å². The molecule has 0 radical (unpaired) electrons. The van der Waals surface area contributed by atoms with Gasteiger partial charge in [-0.2, -0.15) is 11.8 Å². The van der Waals surface area contributed by atoms with Crippen LogP contribution in [-0.2, 0) is 4.74 Å². The minimum atomic E-state index is -0.243. The molecule has 1 aliphatic heterocycles. The molecule has 1 aliphatic rings. The molecule has 0 bridgehead atoms. The first kappa shape index (κ1) is 15.6. The van der Waals surface area contributed by atoms with Crippen LogP contribution in [0.15, 0.2) is 0 Å². The third kappa shape index (κ3) is 5.48. The molecule has 1 fully saturated rings. The fraction of sp³-hybridized carbons (Fsp3) is 0.923. The van der Waals surface area contributed by atoms with Gasteiger partial charge >= 0.3 is 6.03 Å². The second-order valence-corrected chi connectivity index (χ2v) is 6.74. The van der Waals surface area contributed by atoms with Crippen molar-refractivity contribution >= 4 is 17.8 Å². The number of nitrogens with one attached hydrogen (secondary N) is 1. The Balaban J connectivity index is 2.28. The van der Waals surface area contributed by atoms with Gasteiger partial charge in [-0.05, 0) is 38.7 Å². The highest BCUT2D eigenvalue weighted by molar-refractivity contribution is 7.99. The molecule has 4 nitrogen and oxygen atoms in total. The van der Waals surface area contributed by atoms with E-state index in [9.17, 15) is 4.79 Å². The molecule has 2 amide bonds. The summed E-state index contributed by atoms with van der Waals surface area (Å²) in [6.45, 7) is 10.3. The smallest absolute Gasteiger partial charge is 0.317 e. The molecular weight excluding hydrogens is 248 g/mol. The summed E-state index contributed by atoms with van der Waals surface area (Å²) in [5.74, 6) is 2.25. The van der Waals surface area contributed by atoms with Gasteiger partial charge in [0.2, 0.25) is 0 Å². The van der Waals surface area contributed by atoms with Crippen LogP contribution in [0.1, 0.15) is 34.1 Å². The Morgan fingerprint density at radius 2 is 2.28 bits per heavy atom. The quantitative estimate of drug-likeness (QED) is 0.782. The van der Waals surface area contributed by atoms with Gasteiger partial charge in [-0.15, -0.1) is 0 Å². The fourth-order valence-corrected chi connectivity index (χ4v) is 2.87. The first-order chi connectivity index (χ1) is 8.44. The summed E-state index contributed by atoms with van der Waals surface area (Å²) in [5, 5.41) is 2.99. The molecule has 1 atom stereocenters. The zero-order valence-corrected chi connectivity index (χ0v) is 12.8. The van der Waals surface area contributed by atoms with E-state index in [1.807, 2.05) is 37.4 Å². The minimum Gasteiger partial charge on any atom is -0.369 e. The lowest BCUT2D eigenvalue weighted by molar-refractivity contribution is -0.117. The molecule has 18 heavy (non-hydrogen) atoms. The van der Waals surface area contributed by atoms with Crippen molar-refractivity contribution in [2.24, 2.45) is 0 Å². The Hall–Kier alpha value is -0.420. The van der Waals surface area contributed by atoms with E-state index in [-0.39, 0.29) is 17.7 Å². The van der Waals surface area contributed by atoms with Crippen LogP contribution in [-0.4, -0.2) is 53.8 Å². The summed E-state index contributed by atoms with van der Waals surface area (Å²) in [6.07, 6.45) is 1.14.